The molecule has 108 valence electrons. The Bertz CT molecular complexity index is 791. The number of hydrogen-bond donors (Lipinski definition) is 0. The first kappa shape index (κ1) is 14.4. The van der Waals surface area contributed by atoms with Crippen LogP contribution in [0, 0.1) is 12.7 Å². The van der Waals surface area contributed by atoms with Crippen molar-refractivity contribution < 1.29 is 4.39 Å². The molecule has 0 N–H and O–H groups in total. The van der Waals surface area contributed by atoms with Crippen molar-refractivity contribution in [2.75, 3.05) is 5.88 Å². The van der Waals surface area contributed by atoms with E-state index in [1.807, 2.05) is 35.8 Å². The first-order valence-electron chi connectivity index (χ1n) is 6.60. The highest BCUT2D eigenvalue weighted by molar-refractivity contribution is 6.32. The van der Waals surface area contributed by atoms with Crippen LogP contribution in [0.2, 0.25) is 5.02 Å². The summed E-state index contributed by atoms with van der Waals surface area (Å²) in [4.78, 5) is 4.41. The average Bonchev–Trinajstić information content (AvgIpc) is 2.80. The van der Waals surface area contributed by atoms with Gasteiger partial charge in [0, 0.05) is 12.3 Å². The molecule has 0 spiro atoms. The number of halogens is 3. The van der Waals surface area contributed by atoms with Gasteiger partial charge in [-0.15, -0.1) is 11.6 Å². The van der Waals surface area contributed by atoms with E-state index in [0.29, 0.717) is 34.2 Å². The van der Waals surface area contributed by atoms with E-state index in [1.165, 1.54) is 6.07 Å². The molecule has 0 atom stereocenters. The van der Waals surface area contributed by atoms with E-state index < -0.39 is 0 Å². The molecule has 0 aliphatic carbocycles. The Morgan fingerprint density at radius 2 is 1.95 bits per heavy atom. The van der Waals surface area contributed by atoms with Crippen LogP contribution in [0.5, 0.6) is 0 Å². The maximum absolute atomic E-state index is 14.0. The van der Waals surface area contributed by atoms with Gasteiger partial charge in [-0.05, 0) is 30.7 Å². The predicted molar refractivity (Wildman–Crippen MR) is 85.2 cm³/mol. The first-order valence-corrected chi connectivity index (χ1v) is 7.52. The molecule has 2 nitrogen and oxygen atoms in total. The van der Waals surface area contributed by atoms with Crippen molar-refractivity contribution in [1.82, 2.24) is 9.55 Å². The summed E-state index contributed by atoms with van der Waals surface area (Å²) in [6.07, 6.45) is 0.542. The topological polar surface area (TPSA) is 17.8 Å². The average molecular weight is 323 g/mol. The van der Waals surface area contributed by atoms with Crippen molar-refractivity contribution in [2.45, 2.75) is 13.3 Å². The predicted octanol–water partition coefficient (Wildman–Crippen LogP) is 4.91. The zero-order valence-electron chi connectivity index (χ0n) is 11.4. The number of aryl methyl sites for hydroxylation is 2. The molecule has 0 aliphatic rings. The van der Waals surface area contributed by atoms with Gasteiger partial charge in [-0.3, -0.25) is 4.57 Å². The van der Waals surface area contributed by atoms with Crippen LogP contribution < -0.4 is 0 Å². The maximum Gasteiger partial charge on any atom is 0.151 e. The molecule has 1 aromatic heterocycles. The van der Waals surface area contributed by atoms with Crippen LogP contribution in [0.4, 0.5) is 4.39 Å². The number of aromatic nitrogens is 2. The van der Waals surface area contributed by atoms with E-state index in [9.17, 15) is 4.39 Å². The second kappa shape index (κ2) is 5.66. The molecule has 5 heteroatoms. The molecule has 0 aliphatic heterocycles. The summed E-state index contributed by atoms with van der Waals surface area (Å²) in [6.45, 7) is 1.97. The van der Waals surface area contributed by atoms with Crippen molar-refractivity contribution in [3.05, 3.63) is 58.6 Å². The molecule has 0 fully saturated rings. The molecule has 1 heterocycles. The molecular formula is C16H13Cl2FN2. The fourth-order valence-corrected chi connectivity index (χ4v) is 3.00. The molecule has 0 saturated carbocycles. The number of para-hydroxylation sites is 2. The molecule has 0 radical (unpaired) electrons. The van der Waals surface area contributed by atoms with E-state index in [4.69, 9.17) is 23.2 Å². The highest BCUT2D eigenvalue weighted by Gasteiger charge is 2.17. The standard InChI is InChI=1S/C16H13Cl2FN2/c1-10-4-2-5-11(18)16(10)21-13-7-3-6-12(19)15(13)20-14(21)8-9-17/h2-7H,8-9H2,1H3. The van der Waals surface area contributed by atoms with E-state index in [0.717, 1.165) is 11.3 Å². The zero-order valence-corrected chi connectivity index (χ0v) is 12.9. The third kappa shape index (κ3) is 2.41. The third-order valence-corrected chi connectivity index (χ3v) is 3.93. The number of benzene rings is 2. The second-order valence-electron chi connectivity index (χ2n) is 4.82. The lowest BCUT2D eigenvalue weighted by molar-refractivity contribution is 0.637. The molecule has 0 bridgehead atoms. The summed E-state index contributed by atoms with van der Waals surface area (Å²) < 4.78 is 15.9. The SMILES string of the molecule is Cc1cccc(Cl)c1-n1c(CCCl)nc2c(F)cccc21. The summed E-state index contributed by atoms with van der Waals surface area (Å²) in [5.41, 5.74) is 2.87. The van der Waals surface area contributed by atoms with Gasteiger partial charge < -0.3 is 0 Å². The van der Waals surface area contributed by atoms with Gasteiger partial charge in [0.05, 0.1) is 16.2 Å². The Kier molecular flexibility index (Phi) is 3.87. The van der Waals surface area contributed by atoms with Crippen molar-refractivity contribution in [3.63, 3.8) is 0 Å². The van der Waals surface area contributed by atoms with Crippen LogP contribution in [0.3, 0.4) is 0 Å². The maximum atomic E-state index is 14.0. The van der Waals surface area contributed by atoms with Gasteiger partial charge in [0.1, 0.15) is 11.3 Å². The normalized spacial score (nSPS) is 11.2. The van der Waals surface area contributed by atoms with E-state index in [-0.39, 0.29) is 5.82 Å². The molecule has 2 aromatic carbocycles. The Morgan fingerprint density at radius 3 is 2.67 bits per heavy atom. The monoisotopic (exact) mass is 322 g/mol. The van der Waals surface area contributed by atoms with Gasteiger partial charge in [-0.1, -0.05) is 29.8 Å². The summed E-state index contributed by atoms with van der Waals surface area (Å²) in [5.74, 6) is 0.780. The Labute approximate surface area is 132 Å². The zero-order chi connectivity index (χ0) is 15.0. The molecule has 0 unspecified atom stereocenters. The Morgan fingerprint density at radius 1 is 1.19 bits per heavy atom. The molecule has 0 saturated heterocycles. The lowest BCUT2D eigenvalue weighted by Crippen LogP contribution is -2.04. The van der Waals surface area contributed by atoms with Crippen LogP contribution in [0.15, 0.2) is 36.4 Å². The fourth-order valence-electron chi connectivity index (χ4n) is 2.52. The van der Waals surface area contributed by atoms with Crippen molar-refractivity contribution >= 4 is 34.2 Å². The van der Waals surface area contributed by atoms with E-state index >= 15 is 0 Å². The molecule has 3 rings (SSSR count). The van der Waals surface area contributed by atoms with Crippen LogP contribution in [-0.2, 0) is 6.42 Å². The van der Waals surface area contributed by atoms with E-state index in [2.05, 4.69) is 4.98 Å². The van der Waals surface area contributed by atoms with Gasteiger partial charge in [-0.25, -0.2) is 9.37 Å². The summed E-state index contributed by atoms with van der Waals surface area (Å²) in [7, 11) is 0. The van der Waals surface area contributed by atoms with Crippen LogP contribution in [0.1, 0.15) is 11.4 Å². The highest BCUT2D eigenvalue weighted by Crippen LogP contribution is 2.30. The van der Waals surface area contributed by atoms with Crippen LogP contribution in [-0.4, -0.2) is 15.4 Å². The minimum absolute atomic E-state index is 0.341. The van der Waals surface area contributed by atoms with Gasteiger partial charge in [-0.2, -0.15) is 0 Å². The van der Waals surface area contributed by atoms with Crippen molar-refractivity contribution in [2.24, 2.45) is 0 Å². The minimum atomic E-state index is -0.341. The van der Waals surface area contributed by atoms with Crippen molar-refractivity contribution in [1.29, 1.82) is 0 Å². The van der Waals surface area contributed by atoms with Gasteiger partial charge in [0.15, 0.2) is 5.82 Å². The molecular weight excluding hydrogens is 310 g/mol. The third-order valence-electron chi connectivity index (χ3n) is 3.44. The minimum Gasteiger partial charge on any atom is -0.294 e. The first-order chi connectivity index (χ1) is 10.1. The highest BCUT2D eigenvalue weighted by atomic mass is 35.5. The lowest BCUT2D eigenvalue weighted by Gasteiger charge is -2.13. The van der Waals surface area contributed by atoms with Crippen LogP contribution in [0.25, 0.3) is 16.7 Å². The number of nitrogens with zero attached hydrogens (tertiary/aromatic N) is 2. The summed E-state index contributed by atoms with van der Waals surface area (Å²) in [6, 6.07) is 10.6. The van der Waals surface area contributed by atoms with Crippen molar-refractivity contribution in [3.8, 4) is 5.69 Å². The second-order valence-corrected chi connectivity index (χ2v) is 5.60. The van der Waals surface area contributed by atoms with Gasteiger partial charge >= 0.3 is 0 Å². The van der Waals surface area contributed by atoms with Gasteiger partial charge in [0.25, 0.3) is 0 Å². The lowest BCUT2D eigenvalue weighted by atomic mass is 10.2. The number of alkyl halides is 1. The fraction of sp³-hybridized carbons (Fsp3) is 0.188. The Hall–Kier alpha value is -1.58. The largest absolute Gasteiger partial charge is 0.294 e. The smallest absolute Gasteiger partial charge is 0.151 e. The molecule has 21 heavy (non-hydrogen) atoms. The molecule has 3 aromatic rings. The molecule has 0 amide bonds. The number of fused-ring (bicyclic) bond motifs is 1. The quantitative estimate of drug-likeness (QED) is 0.626. The number of rotatable bonds is 3. The summed E-state index contributed by atoms with van der Waals surface area (Å²) in [5, 5.41) is 0.606. The number of imidazole rings is 1. The van der Waals surface area contributed by atoms with Crippen LogP contribution >= 0.6 is 23.2 Å². The number of hydrogen-bond acceptors (Lipinski definition) is 1. The van der Waals surface area contributed by atoms with E-state index in [1.54, 1.807) is 6.07 Å². The van der Waals surface area contributed by atoms with Gasteiger partial charge in [0.2, 0.25) is 0 Å². The Balaban J connectivity index is 2.40. The summed E-state index contributed by atoms with van der Waals surface area (Å²) >= 11 is 12.2.